The van der Waals surface area contributed by atoms with E-state index in [1.54, 1.807) is 6.08 Å². The van der Waals surface area contributed by atoms with Crippen molar-refractivity contribution < 1.29 is 35.4 Å². The number of alkyl halides is 3. The van der Waals surface area contributed by atoms with E-state index >= 15 is 0 Å². The van der Waals surface area contributed by atoms with Crippen LogP contribution in [0.5, 0.6) is 0 Å². The Morgan fingerprint density at radius 1 is 1.15 bits per heavy atom. The van der Waals surface area contributed by atoms with Crippen molar-refractivity contribution in [3.63, 3.8) is 0 Å². The van der Waals surface area contributed by atoms with Gasteiger partial charge in [-0.25, -0.2) is 0 Å². The van der Waals surface area contributed by atoms with Crippen LogP contribution in [0.25, 0.3) is 0 Å². The minimum absolute atomic E-state index is 0.0505. The molecule has 1 N–H and O–H groups in total. The number of rotatable bonds is 3. The fraction of sp³-hybridized carbons (Fsp3) is 0.375. The summed E-state index contributed by atoms with van der Waals surface area (Å²) in [5.74, 6) is -3.42. The Labute approximate surface area is 146 Å². The van der Waals surface area contributed by atoms with Gasteiger partial charge in [0, 0.05) is 0 Å². The third-order valence-corrected chi connectivity index (χ3v) is 6.51. The van der Waals surface area contributed by atoms with Crippen LogP contribution in [0.2, 0.25) is 0 Å². The van der Waals surface area contributed by atoms with Crippen LogP contribution in [0.4, 0.5) is 13.2 Å². The largest absolute Gasteiger partial charge is 0.417 e. The molecule has 1 aliphatic heterocycles. The summed E-state index contributed by atoms with van der Waals surface area (Å²) in [7, 11) is -4.84. The minimum atomic E-state index is -4.89. The lowest BCUT2D eigenvalue weighted by Crippen LogP contribution is -2.42. The molecule has 138 valence electrons. The van der Waals surface area contributed by atoms with Gasteiger partial charge in [-0.2, -0.15) is 21.6 Å². The van der Waals surface area contributed by atoms with E-state index < -0.39 is 56.0 Å². The summed E-state index contributed by atoms with van der Waals surface area (Å²) in [5.41, 5.74) is -3.00. The van der Waals surface area contributed by atoms with E-state index in [0.29, 0.717) is 6.07 Å². The van der Waals surface area contributed by atoms with Crippen LogP contribution in [-0.2, 0) is 30.1 Å². The van der Waals surface area contributed by atoms with Crippen LogP contribution >= 0.6 is 0 Å². The molecule has 4 unspecified atom stereocenters. The quantitative estimate of drug-likeness (QED) is 0.484. The fourth-order valence-corrected chi connectivity index (χ4v) is 5.54. The van der Waals surface area contributed by atoms with Gasteiger partial charge in [0.05, 0.1) is 17.4 Å². The van der Waals surface area contributed by atoms with Gasteiger partial charge in [0.25, 0.3) is 10.1 Å². The summed E-state index contributed by atoms with van der Waals surface area (Å²) >= 11 is 0. The third-order valence-electron chi connectivity index (χ3n) is 5.09. The van der Waals surface area contributed by atoms with Crippen molar-refractivity contribution in [1.29, 1.82) is 0 Å². The van der Waals surface area contributed by atoms with E-state index in [4.69, 9.17) is 4.18 Å². The lowest BCUT2D eigenvalue weighted by atomic mass is 9.83. The molecule has 0 radical (unpaired) electrons. The van der Waals surface area contributed by atoms with Crippen LogP contribution in [0, 0.1) is 17.8 Å². The lowest BCUT2D eigenvalue weighted by Gasteiger charge is -2.29. The second-order valence-electron chi connectivity index (χ2n) is 6.57. The summed E-state index contributed by atoms with van der Waals surface area (Å²) in [5, 5.41) is 2.13. The highest BCUT2D eigenvalue weighted by atomic mass is 32.2. The normalized spacial score (nSPS) is 32.8. The van der Waals surface area contributed by atoms with Gasteiger partial charge in [-0.1, -0.05) is 24.3 Å². The van der Waals surface area contributed by atoms with Gasteiger partial charge in [0.1, 0.15) is 10.5 Å². The number of benzene rings is 1. The van der Waals surface area contributed by atoms with Crippen molar-refractivity contribution in [1.82, 2.24) is 5.32 Å². The van der Waals surface area contributed by atoms with Gasteiger partial charge < -0.3 is 0 Å². The zero-order valence-electron chi connectivity index (χ0n) is 13.0. The highest BCUT2D eigenvalue weighted by Crippen LogP contribution is 2.56. The molecule has 1 saturated carbocycles. The first-order chi connectivity index (χ1) is 12.1. The number of carbonyl (C=O) groups excluding carboxylic acids is 2. The van der Waals surface area contributed by atoms with Crippen LogP contribution in [0.15, 0.2) is 41.3 Å². The fourth-order valence-electron chi connectivity index (χ4n) is 4.11. The van der Waals surface area contributed by atoms with Crippen molar-refractivity contribution in [3.8, 4) is 0 Å². The lowest BCUT2D eigenvalue weighted by molar-refractivity contribution is -0.140. The summed E-state index contributed by atoms with van der Waals surface area (Å²) in [6.45, 7) is 0. The van der Waals surface area contributed by atoms with E-state index in [9.17, 15) is 31.2 Å². The van der Waals surface area contributed by atoms with Crippen molar-refractivity contribution in [2.24, 2.45) is 17.8 Å². The smallest absolute Gasteiger partial charge is 0.296 e. The average molecular weight is 387 g/mol. The molecule has 2 aliphatic carbocycles. The van der Waals surface area contributed by atoms with E-state index in [0.717, 1.165) is 18.2 Å². The molecular weight excluding hydrogens is 375 g/mol. The van der Waals surface area contributed by atoms with E-state index in [1.807, 2.05) is 0 Å². The number of hydrogen-bond acceptors (Lipinski definition) is 5. The second-order valence-corrected chi connectivity index (χ2v) is 8.09. The Hall–Kier alpha value is -2.20. The number of imide groups is 1. The molecule has 2 amide bonds. The summed E-state index contributed by atoms with van der Waals surface area (Å²) in [4.78, 5) is 23.0. The molecule has 4 atom stereocenters. The van der Waals surface area contributed by atoms with Crippen LogP contribution in [0.1, 0.15) is 12.0 Å². The van der Waals surface area contributed by atoms with Gasteiger partial charge in [0.15, 0.2) is 0 Å². The highest BCUT2D eigenvalue weighted by molar-refractivity contribution is 7.86. The first kappa shape index (κ1) is 17.2. The number of hydrogen-bond donors (Lipinski definition) is 1. The molecule has 1 aromatic rings. The zero-order chi connectivity index (χ0) is 18.9. The molecule has 6 nitrogen and oxygen atoms in total. The number of amides is 2. The Morgan fingerprint density at radius 2 is 1.85 bits per heavy atom. The van der Waals surface area contributed by atoms with E-state index in [1.165, 1.54) is 6.08 Å². The van der Waals surface area contributed by atoms with Crippen molar-refractivity contribution in [2.75, 3.05) is 0 Å². The van der Waals surface area contributed by atoms with Crippen LogP contribution in [0.3, 0.4) is 0 Å². The number of nitrogens with one attached hydrogen (secondary N) is 1. The molecule has 0 spiro atoms. The Balaban J connectivity index is 1.76. The van der Waals surface area contributed by atoms with Gasteiger partial charge in [-0.05, 0) is 24.5 Å². The molecule has 10 heteroatoms. The highest BCUT2D eigenvalue weighted by Gasteiger charge is 2.66. The molecule has 1 heterocycles. The van der Waals surface area contributed by atoms with E-state index in [2.05, 4.69) is 5.32 Å². The molecule has 26 heavy (non-hydrogen) atoms. The zero-order valence-corrected chi connectivity index (χ0v) is 13.8. The molecule has 2 bridgehead atoms. The molecule has 2 fully saturated rings. The first-order valence-electron chi connectivity index (χ1n) is 7.71. The third kappa shape index (κ3) is 2.32. The SMILES string of the molecule is O=C1NC(=O)C2C1C1C=CC2(OS(=O)(=O)c2ccccc2C(F)(F)F)C1. The maximum Gasteiger partial charge on any atom is 0.417 e. The van der Waals surface area contributed by atoms with Gasteiger partial charge in [-0.15, -0.1) is 0 Å². The molecule has 3 aliphatic rings. The molecular formula is C16H12F3NO5S. The van der Waals surface area contributed by atoms with Crippen molar-refractivity contribution in [2.45, 2.75) is 23.1 Å². The minimum Gasteiger partial charge on any atom is -0.296 e. The second kappa shape index (κ2) is 5.17. The Morgan fingerprint density at radius 3 is 2.54 bits per heavy atom. The monoisotopic (exact) mass is 387 g/mol. The molecule has 4 rings (SSSR count). The summed E-state index contributed by atoms with van der Waals surface area (Å²) < 4.78 is 70.0. The summed E-state index contributed by atoms with van der Waals surface area (Å²) in [6.07, 6.45) is -1.90. The van der Waals surface area contributed by atoms with Crippen molar-refractivity contribution in [3.05, 3.63) is 42.0 Å². The van der Waals surface area contributed by atoms with Crippen molar-refractivity contribution >= 4 is 21.9 Å². The molecule has 1 aromatic carbocycles. The summed E-state index contributed by atoms with van der Waals surface area (Å²) in [6, 6.07) is 3.67. The standard InChI is InChI=1S/C16H12F3NO5S/c17-16(18,19)9-3-1-2-4-10(9)26(23,24)25-15-6-5-8(7-15)11-12(15)14(22)20-13(11)21/h1-6,8,11-12H,7H2,(H,20,21,22). The Bertz CT molecular complexity index is 955. The predicted octanol–water partition coefficient (Wildman–Crippen LogP) is 1.63. The number of allylic oxidation sites excluding steroid dienone is 1. The maximum atomic E-state index is 13.2. The van der Waals surface area contributed by atoms with Crippen LogP contribution < -0.4 is 5.32 Å². The average Bonchev–Trinajstić information content (AvgIpc) is 3.17. The van der Waals surface area contributed by atoms with E-state index in [-0.39, 0.29) is 12.3 Å². The number of carbonyl (C=O) groups is 2. The molecule has 1 saturated heterocycles. The van der Waals surface area contributed by atoms with Gasteiger partial charge in [-0.3, -0.25) is 19.1 Å². The Kier molecular flexibility index (Phi) is 3.42. The maximum absolute atomic E-state index is 13.2. The van der Waals surface area contributed by atoms with Gasteiger partial charge in [0.2, 0.25) is 11.8 Å². The number of halogens is 3. The first-order valence-corrected chi connectivity index (χ1v) is 9.12. The van der Waals surface area contributed by atoms with Gasteiger partial charge >= 0.3 is 6.18 Å². The molecule has 0 aromatic heterocycles. The number of fused-ring (bicyclic) bond motifs is 5. The topological polar surface area (TPSA) is 89.5 Å². The predicted molar refractivity (Wildman–Crippen MR) is 79.8 cm³/mol. The van der Waals surface area contributed by atoms with Crippen LogP contribution in [-0.4, -0.2) is 25.8 Å².